The molecule has 1 aliphatic heterocycles. The zero-order valence-corrected chi connectivity index (χ0v) is 22.4. The van der Waals surface area contributed by atoms with Gasteiger partial charge in [0.05, 0.1) is 4.91 Å². The number of hydrogen-bond donors (Lipinski definition) is 0. The van der Waals surface area contributed by atoms with E-state index in [1.54, 1.807) is 30.4 Å². The van der Waals surface area contributed by atoms with Crippen LogP contribution in [0.2, 0.25) is 0 Å². The van der Waals surface area contributed by atoms with E-state index in [1.165, 1.54) is 90.0 Å². The number of allylic oxidation sites excluding steroid dienone is 3. The Bertz CT molecular complexity index is 1130. The fourth-order valence-electron chi connectivity index (χ4n) is 5.35. The molecule has 2 aliphatic rings. The van der Waals surface area contributed by atoms with Gasteiger partial charge in [0.25, 0.3) is 0 Å². The van der Waals surface area contributed by atoms with Crippen molar-refractivity contribution in [1.29, 1.82) is 0 Å². The van der Waals surface area contributed by atoms with Gasteiger partial charge in [0, 0.05) is 29.8 Å². The highest BCUT2D eigenvalue weighted by molar-refractivity contribution is 8.04. The van der Waals surface area contributed by atoms with Crippen molar-refractivity contribution in [3.05, 3.63) is 50.1 Å². The summed E-state index contributed by atoms with van der Waals surface area (Å²) in [6.07, 6.45) is 16.0. The summed E-state index contributed by atoms with van der Waals surface area (Å²) in [5, 5.41) is 0. The van der Waals surface area contributed by atoms with Crippen LogP contribution in [0.4, 0.5) is 0 Å². The molecule has 0 bridgehead atoms. The Morgan fingerprint density at radius 3 is 1.94 bits per heavy atom. The highest BCUT2D eigenvalue weighted by Gasteiger charge is 2.45. The molecule has 2 nitrogen and oxygen atoms in total. The second kappa shape index (κ2) is 9.60. The molecule has 0 unspecified atom stereocenters. The Morgan fingerprint density at radius 1 is 0.781 bits per heavy atom. The van der Waals surface area contributed by atoms with Crippen molar-refractivity contribution in [2.24, 2.45) is 0 Å². The monoisotopic (exact) mass is 488 g/mol. The fraction of sp³-hybridized carbons (Fsp3) is 0.556. The van der Waals surface area contributed by atoms with Gasteiger partial charge in [-0.05, 0) is 62.1 Å². The first kappa shape index (κ1) is 24.0. The maximum atomic E-state index is 12.9. The van der Waals surface area contributed by atoms with E-state index in [9.17, 15) is 8.42 Å². The molecular formula is C27H36O2S3. The van der Waals surface area contributed by atoms with Crippen molar-refractivity contribution in [2.75, 3.05) is 0 Å². The molecule has 0 amide bonds. The lowest BCUT2D eigenvalue weighted by molar-refractivity contribution is 0.402. The van der Waals surface area contributed by atoms with Crippen LogP contribution in [0.15, 0.2) is 29.2 Å². The maximum Gasteiger partial charge on any atom is 0.203 e. The topological polar surface area (TPSA) is 34.1 Å². The van der Waals surface area contributed by atoms with Crippen LogP contribution in [0.5, 0.6) is 0 Å². The van der Waals surface area contributed by atoms with Crippen molar-refractivity contribution >= 4 is 37.4 Å². The van der Waals surface area contributed by atoms with Crippen molar-refractivity contribution in [3.63, 3.8) is 0 Å². The quantitative estimate of drug-likeness (QED) is 0.296. The average molecular weight is 489 g/mol. The van der Waals surface area contributed by atoms with Gasteiger partial charge in [-0.25, -0.2) is 8.42 Å². The van der Waals surface area contributed by atoms with Crippen LogP contribution in [0.1, 0.15) is 106 Å². The predicted molar refractivity (Wildman–Crippen MR) is 141 cm³/mol. The van der Waals surface area contributed by atoms with Crippen molar-refractivity contribution in [1.82, 2.24) is 0 Å². The summed E-state index contributed by atoms with van der Waals surface area (Å²) in [4.78, 5) is 5.98. The molecule has 0 saturated heterocycles. The van der Waals surface area contributed by atoms with Gasteiger partial charge in [-0.1, -0.05) is 65.2 Å². The number of aryl methyl sites for hydroxylation is 1. The van der Waals surface area contributed by atoms with E-state index >= 15 is 0 Å². The lowest BCUT2D eigenvalue weighted by Gasteiger charge is -2.31. The third-order valence-corrected chi connectivity index (χ3v) is 11.6. The molecule has 0 saturated carbocycles. The highest BCUT2D eigenvalue weighted by Crippen LogP contribution is 2.60. The Labute approximate surface area is 202 Å². The number of sulfone groups is 1. The predicted octanol–water partition coefficient (Wildman–Crippen LogP) is 9.00. The van der Waals surface area contributed by atoms with Crippen LogP contribution < -0.4 is 0 Å². The van der Waals surface area contributed by atoms with E-state index in [4.69, 9.17) is 0 Å². The van der Waals surface area contributed by atoms with Gasteiger partial charge in [0.1, 0.15) is 0 Å². The molecule has 4 rings (SSSR count). The summed E-state index contributed by atoms with van der Waals surface area (Å²) in [5.41, 5.74) is 2.99. The van der Waals surface area contributed by atoms with Crippen molar-refractivity contribution in [2.45, 2.75) is 97.3 Å². The van der Waals surface area contributed by atoms with E-state index < -0.39 is 9.84 Å². The number of thiophene rings is 2. The van der Waals surface area contributed by atoms with Crippen LogP contribution in [-0.2, 0) is 15.3 Å². The summed E-state index contributed by atoms with van der Waals surface area (Å²) in [6.45, 7) is 8.46. The molecule has 0 aromatic carbocycles. The number of hydrogen-bond acceptors (Lipinski definition) is 4. The molecule has 0 atom stereocenters. The third-order valence-electron chi connectivity index (χ3n) is 7.16. The largest absolute Gasteiger partial charge is 0.219 e. The minimum Gasteiger partial charge on any atom is -0.219 e. The SMILES string of the molecule is CCCCCCC1(CCCCCC)c2cc(C)sc2-c2sc(C3=CC=C(C)S3(=O)=O)cc21. The second-order valence-corrected chi connectivity index (χ2v) is 13.9. The van der Waals surface area contributed by atoms with Crippen molar-refractivity contribution in [3.8, 4) is 9.75 Å². The lowest BCUT2D eigenvalue weighted by atomic mass is 9.71. The summed E-state index contributed by atoms with van der Waals surface area (Å²) < 4.78 is 25.8. The normalized spacial score (nSPS) is 17.9. The first-order chi connectivity index (χ1) is 15.3. The lowest BCUT2D eigenvalue weighted by Crippen LogP contribution is -2.25. The van der Waals surface area contributed by atoms with Crippen LogP contribution >= 0.6 is 22.7 Å². The Hall–Kier alpha value is -1.17. The summed E-state index contributed by atoms with van der Waals surface area (Å²) in [7, 11) is -3.33. The van der Waals surface area contributed by atoms with Gasteiger partial charge in [-0.3, -0.25) is 0 Å². The minimum absolute atomic E-state index is 0.0526. The van der Waals surface area contributed by atoms with Gasteiger partial charge in [0.2, 0.25) is 9.84 Å². The molecule has 0 N–H and O–H groups in total. The first-order valence-electron chi connectivity index (χ1n) is 12.2. The van der Waals surface area contributed by atoms with E-state index in [1.807, 2.05) is 11.3 Å². The summed E-state index contributed by atoms with van der Waals surface area (Å²) >= 11 is 3.59. The van der Waals surface area contributed by atoms with Gasteiger partial charge in [-0.15, -0.1) is 22.7 Å². The maximum absolute atomic E-state index is 12.9. The third kappa shape index (κ3) is 4.10. The Kier molecular flexibility index (Phi) is 7.19. The molecule has 0 radical (unpaired) electrons. The van der Waals surface area contributed by atoms with Crippen LogP contribution in [-0.4, -0.2) is 8.42 Å². The molecule has 1 aliphatic carbocycles. The average Bonchev–Trinajstić information content (AvgIpc) is 3.46. The Balaban J connectivity index is 1.77. The number of fused-ring (bicyclic) bond motifs is 3. The molecule has 5 heteroatoms. The molecule has 3 heterocycles. The van der Waals surface area contributed by atoms with E-state index in [2.05, 4.69) is 32.9 Å². The molecule has 174 valence electrons. The molecule has 2 aromatic rings. The van der Waals surface area contributed by atoms with Crippen LogP contribution in [0.3, 0.4) is 0 Å². The first-order valence-corrected chi connectivity index (χ1v) is 15.4. The Morgan fingerprint density at radius 2 is 1.38 bits per heavy atom. The summed E-state index contributed by atoms with van der Waals surface area (Å²) in [6, 6.07) is 4.68. The zero-order valence-electron chi connectivity index (χ0n) is 19.9. The molecule has 0 spiro atoms. The smallest absolute Gasteiger partial charge is 0.203 e. The van der Waals surface area contributed by atoms with E-state index in [-0.39, 0.29) is 5.41 Å². The highest BCUT2D eigenvalue weighted by atomic mass is 32.2. The van der Waals surface area contributed by atoms with Gasteiger partial charge >= 0.3 is 0 Å². The number of rotatable bonds is 11. The summed E-state index contributed by atoms with van der Waals surface area (Å²) in [5.74, 6) is 0. The van der Waals surface area contributed by atoms with E-state index in [0.717, 1.165) is 4.88 Å². The molecular weight excluding hydrogens is 452 g/mol. The van der Waals surface area contributed by atoms with Crippen LogP contribution in [0.25, 0.3) is 14.7 Å². The molecule has 32 heavy (non-hydrogen) atoms. The van der Waals surface area contributed by atoms with Crippen LogP contribution in [0, 0.1) is 6.92 Å². The minimum atomic E-state index is -3.33. The second-order valence-electron chi connectivity index (χ2n) is 9.47. The number of unbranched alkanes of at least 4 members (excludes halogenated alkanes) is 6. The molecule has 0 fully saturated rings. The van der Waals surface area contributed by atoms with Gasteiger partial charge in [0.15, 0.2) is 0 Å². The van der Waals surface area contributed by atoms with Gasteiger partial charge < -0.3 is 0 Å². The standard InChI is InChI=1S/C27H36O2S3/c1-5-7-9-11-15-27(16-12-10-8-6-2)21-17-19(3)30-25(21)26-22(27)18-23(31-26)24-14-13-20(4)32(24,28)29/h13-14,17-18H,5-12,15-16H2,1-4H3. The van der Waals surface area contributed by atoms with Crippen molar-refractivity contribution < 1.29 is 8.42 Å². The zero-order chi connectivity index (χ0) is 22.9. The molecule has 2 aromatic heterocycles. The van der Waals surface area contributed by atoms with Gasteiger partial charge in [-0.2, -0.15) is 0 Å². The fourth-order valence-corrected chi connectivity index (χ4v) is 9.42. The van der Waals surface area contributed by atoms with E-state index in [0.29, 0.717) is 9.81 Å².